The molecule has 5 aliphatic rings. The van der Waals surface area contributed by atoms with E-state index in [0.29, 0.717) is 17.3 Å². The monoisotopic (exact) mass is 460 g/mol. The molecule has 1 aromatic carbocycles. The van der Waals surface area contributed by atoms with E-state index in [1.54, 1.807) is 0 Å². The Balaban J connectivity index is 1.28. The fraction of sp³-hybridized carbons (Fsp3) is 0.690. The van der Waals surface area contributed by atoms with Crippen LogP contribution in [-0.4, -0.2) is 28.3 Å². The highest BCUT2D eigenvalue weighted by molar-refractivity contribution is 6.47. The Morgan fingerprint density at radius 2 is 1.74 bits per heavy atom. The lowest BCUT2D eigenvalue weighted by Gasteiger charge is -2.60. The minimum absolute atomic E-state index is 0.0768. The number of anilines is 1. The van der Waals surface area contributed by atoms with Crippen LogP contribution >= 0.6 is 0 Å². The maximum Gasteiger partial charge on any atom is 0.0925 e. The lowest BCUT2D eigenvalue weighted by atomic mass is 9.45. The summed E-state index contributed by atoms with van der Waals surface area (Å²) in [4.78, 5) is 0. The van der Waals surface area contributed by atoms with Gasteiger partial charge >= 0.3 is 0 Å². The summed E-state index contributed by atoms with van der Waals surface area (Å²) >= 11 is 0. The van der Waals surface area contributed by atoms with Gasteiger partial charge in [-0.15, -0.1) is 0 Å². The van der Waals surface area contributed by atoms with Gasteiger partial charge in [-0.3, -0.25) is 5.43 Å². The molecule has 6 rings (SSSR count). The number of nitrogens with one attached hydrogen (secondary N) is 1. The van der Waals surface area contributed by atoms with Crippen molar-refractivity contribution in [2.45, 2.75) is 85.2 Å². The summed E-state index contributed by atoms with van der Waals surface area (Å²) in [5.74, 6) is 3.18. The SMILES string of the molecule is CC1=NN=C2C(C[C@H]3[C@@H]4CC[C@H]5C[C@@H](O)CC[C@]5(C)[C@H]4CC[C@]23C)/C1=N/Nc1ccc(C)cc1. The standard InChI is InChI=1S/C29H40N4O/c1-17-5-8-20(9-6-17)31-32-26-18(2)30-33-27-23(26)16-25-22-10-7-19-15-21(34)11-13-28(19,3)24(22)12-14-29(25,27)4/h5-6,8-9,19,21-25,31,34H,7,10-16H2,1-4H3/b32-26+/t19-,21-,22+,23?,24-,25-,28-,29-/m0/s1. The summed E-state index contributed by atoms with van der Waals surface area (Å²) in [7, 11) is 0. The van der Waals surface area contributed by atoms with Gasteiger partial charge in [-0.25, -0.2) is 0 Å². The van der Waals surface area contributed by atoms with Crippen molar-refractivity contribution in [3.05, 3.63) is 29.8 Å². The molecule has 1 heterocycles. The predicted octanol–water partition coefficient (Wildman–Crippen LogP) is 6.22. The molecular formula is C29H40N4O. The van der Waals surface area contributed by atoms with E-state index in [1.807, 2.05) is 0 Å². The van der Waals surface area contributed by atoms with Gasteiger partial charge in [0.2, 0.25) is 0 Å². The third kappa shape index (κ3) is 3.33. The van der Waals surface area contributed by atoms with Crippen LogP contribution in [0.25, 0.3) is 0 Å². The minimum atomic E-state index is -0.0768. The average Bonchev–Trinajstić information content (AvgIpc) is 3.12. The zero-order valence-electron chi connectivity index (χ0n) is 21.2. The maximum atomic E-state index is 10.3. The molecule has 4 saturated carbocycles. The molecule has 0 radical (unpaired) electrons. The second-order valence-electron chi connectivity index (χ2n) is 12.5. The molecule has 0 spiro atoms. The number of nitrogens with zero attached hydrogens (tertiary/aromatic N) is 3. The average molecular weight is 461 g/mol. The lowest BCUT2D eigenvalue weighted by molar-refractivity contribution is -0.114. The Kier molecular flexibility index (Phi) is 5.29. The Morgan fingerprint density at radius 3 is 2.53 bits per heavy atom. The number of hydrazone groups is 1. The molecule has 0 aromatic heterocycles. The number of benzene rings is 1. The summed E-state index contributed by atoms with van der Waals surface area (Å²) in [6, 6.07) is 8.40. The fourth-order valence-corrected chi connectivity index (χ4v) is 8.84. The van der Waals surface area contributed by atoms with Gasteiger partial charge in [0.15, 0.2) is 0 Å². The first kappa shape index (κ1) is 22.5. The number of rotatable bonds is 2. The van der Waals surface area contributed by atoms with Crippen LogP contribution in [0.2, 0.25) is 0 Å². The molecule has 2 N–H and O–H groups in total. The van der Waals surface area contributed by atoms with E-state index in [4.69, 9.17) is 10.2 Å². The number of aliphatic hydroxyl groups excluding tert-OH is 1. The van der Waals surface area contributed by atoms with E-state index in [0.717, 1.165) is 48.2 Å². The molecule has 1 aromatic rings. The van der Waals surface area contributed by atoms with Crippen LogP contribution in [0.3, 0.4) is 0 Å². The molecule has 1 unspecified atom stereocenters. The van der Waals surface area contributed by atoms with Gasteiger partial charge in [0.1, 0.15) is 0 Å². The lowest BCUT2D eigenvalue weighted by Crippen LogP contribution is -2.54. The zero-order chi connectivity index (χ0) is 23.7. The van der Waals surface area contributed by atoms with Crippen molar-refractivity contribution >= 4 is 22.8 Å². The second kappa shape index (κ2) is 8.01. The molecule has 34 heavy (non-hydrogen) atoms. The summed E-state index contributed by atoms with van der Waals surface area (Å²) < 4.78 is 0. The van der Waals surface area contributed by atoms with Crippen molar-refractivity contribution in [1.82, 2.24) is 0 Å². The van der Waals surface area contributed by atoms with Crippen molar-refractivity contribution in [1.29, 1.82) is 0 Å². The van der Waals surface area contributed by atoms with E-state index in [2.05, 4.69) is 62.5 Å². The summed E-state index contributed by atoms with van der Waals surface area (Å²) in [5, 5.41) is 24.7. The number of aryl methyl sites for hydroxylation is 1. The van der Waals surface area contributed by atoms with Crippen LogP contribution < -0.4 is 5.43 Å². The maximum absolute atomic E-state index is 10.3. The molecule has 1 aliphatic heterocycles. The van der Waals surface area contributed by atoms with Crippen LogP contribution in [0.4, 0.5) is 5.69 Å². The summed E-state index contributed by atoms with van der Waals surface area (Å²) in [6.07, 6.45) is 9.38. The topological polar surface area (TPSA) is 69.3 Å². The van der Waals surface area contributed by atoms with Gasteiger partial charge in [0, 0.05) is 11.3 Å². The van der Waals surface area contributed by atoms with Crippen molar-refractivity contribution in [3.8, 4) is 0 Å². The van der Waals surface area contributed by atoms with E-state index < -0.39 is 0 Å². The molecule has 0 saturated heterocycles. The van der Waals surface area contributed by atoms with E-state index in [1.165, 1.54) is 43.4 Å². The Hall–Kier alpha value is -2.01. The summed E-state index contributed by atoms with van der Waals surface area (Å²) in [6.45, 7) is 9.21. The van der Waals surface area contributed by atoms with E-state index in [9.17, 15) is 5.11 Å². The van der Waals surface area contributed by atoms with Gasteiger partial charge in [-0.05, 0) is 106 Å². The molecule has 4 aliphatic carbocycles. The van der Waals surface area contributed by atoms with Gasteiger partial charge in [-0.2, -0.15) is 15.3 Å². The van der Waals surface area contributed by atoms with Crippen LogP contribution in [0.15, 0.2) is 39.6 Å². The van der Waals surface area contributed by atoms with Crippen molar-refractivity contribution in [3.63, 3.8) is 0 Å². The Bertz CT molecular complexity index is 1060. The van der Waals surface area contributed by atoms with E-state index >= 15 is 0 Å². The smallest absolute Gasteiger partial charge is 0.0925 e. The largest absolute Gasteiger partial charge is 0.393 e. The molecule has 0 bridgehead atoms. The second-order valence-corrected chi connectivity index (χ2v) is 12.5. The predicted molar refractivity (Wildman–Crippen MR) is 139 cm³/mol. The van der Waals surface area contributed by atoms with Crippen LogP contribution in [0, 0.1) is 47.3 Å². The van der Waals surface area contributed by atoms with Gasteiger partial charge in [-0.1, -0.05) is 31.5 Å². The van der Waals surface area contributed by atoms with Crippen LogP contribution in [0.1, 0.15) is 77.7 Å². The molecule has 5 nitrogen and oxygen atoms in total. The molecule has 8 atom stereocenters. The number of aliphatic hydroxyl groups is 1. The number of fused-ring (bicyclic) bond motifs is 7. The highest BCUT2D eigenvalue weighted by Crippen LogP contribution is 2.66. The number of hydrogen-bond acceptors (Lipinski definition) is 5. The zero-order valence-corrected chi connectivity index (χ0v) is 21.2. The van der Waals surface area contributed by atoms with Gasteiger partial charge in [0.25, 0.3) is 0 Å². The van der Waals surface area contributed by atoms with Crippen LogP contribution in [0.5, 0.6) is 0 Å². The first-order valence-corrected chi connectivity index (χ1v) is 13.5. The third-order valence-corrected chi connectivity index (χ3v) is 10.8. The Labute approximate surface area is 204 Å². The first-order chi connectivity index (χ1) is 16.3. The summed E-state index contributed by atoms with van der Waals surface area (Å²) in [5.41, 5.74) is 9.43. The molecule has 0 amide bonds. The van der Waals surface area contributed by atoms with Crippen LogP contribution in [-0.2, 0) is 0 Å². The van der Waals surface area contributed by atoms with Crippen molar-refractivity contribution in [2.75, 3.05) is 5.43 Å². The fourth-order valence-electron chi connectivity index (χ4n) is 8.84. The van der Waals surface area contributed by atoms with Gasteiger partial charge < -0.3 is 5.11 Å². The highest BCUT2D eigenvalue weighted by Gasteiger charge is 2.62. The first-order valence-electron chi connectivity index (χ1n) is 13.5. The van der Waals surface area contributed by atoms with Gasteiger partial charge in [0.05, 0.1) is 28.9 Å². The molecule has 182 valence electrons. The molecule has 5 heteroatoms. The van der Waals surface area contributed by atoms with Crippen molar-refractivity contribution in [2.24, 2.45) is 55.7 Å². The number of hydrogen-bond donors (Lipinski definition) is 2. The van der Waals surface area contributed by atoms with E-state index in [-0.39, 0.29) is 17.4 Å². The van der Waals surface area contributed by atoms with Crippen molar-refractivity contribution < 1.29 is 5.11 Å². The quantitative estimate of drug-likeness (QED) is 0.514. The third-order valence-electron chi connectivity index (χ3n) is 10.8. The normalized spacial score (nSPS) is 44.3. The molecular weight excluding hydrogens is 420 g/mol. The Morgan fingerprint density at radius 1 is 0.941 bits per heavy atom. The molecule has 4 fully saturated rings. The minimum Gasteiger partial charge on any atom is -0.393 e. The highest BCUT2D eigenvalue weighted by atomic mass is 16.3.